The van der Waals surface area contributed by atoms with Crippen molar-refractivity contribution < 1.29 is 55.3 Å². The van der Waals surface area contributed by atoms with E-state index < -0.39 is 37.6 Å². The van der Waals surface area contributed by atoms with E-state index in [2.05, 4.69) is 364 Å². The van der Waals surface area contributed by atoms with E-state index in [1.807, 2.05) is 0 Å². The predicted molar refractivity (Wildman–Crippen MR) is 407 cm³/mol. The van der Waals surface area contributed by atoms with Crippen molar-refractivity contribution in [2.45, 2.75) is 0 Å². The number of aliphatic hydroxyl groups excluding tert-OH is 6. The van der Waals surface area contributed by atoms with Crippen molar-refractivity contribution in [3.8, 4) is 0 Å². The summed E-state index contributed by atoms with van der Waals surface area (Å²) in [6.07, 6.45) is 0. The molecule has 0 radical (unpaired) electrons. The number of benzene rings is 12. The normalized spacial score (nSPS) is 11.4. The summed E-state index contributed by atoms with van der Waals surface area (Å²) < 4.78 is 72.1. The van der Waals surface area contributed by atoms with E-state index >= 15 is 0 Å². The zero-order chi connectivity index (χ0) is 71.2. The molecule has 0 aromatic heterocycles. The van der Waals surface area contributed by atoms with Gasteiger partial charge in [0.2, 0.25) is 14.8 Å². The van der Waals surface area contributed by atoms with Gasteiger partial charge in [-0.25, -0.2) is 0 Å². The third kappa shape index (κ3) is 21.8. The van der Waals surface area contributed by atoms with Crippen LogP contribution < -0.4 is 63.7 Å². The summed E-state index contributed by atoms with van der Waals surface area (Å²) in [4.78, 5) is 0. The monoisotopic (exact) mass is 1410 g/mol. The van der Waals surface area contributed by atoms with Crippen molar-refractivity contribution >= 4 is 101 Å². The molecule has 0 fully saturated rings. The molecule has 97 heavy (non-hydrogen) atoms. The zero-order valence-corrected chi connectivity index (χ0v) is 59.4. The summed E-state index contributed by atoms with van der Waals surface area (Å²) >= 11 is 0. The van der Waals surface area contributed by atoms with E-state index in [4.69, 9.17) is 39.7 Å². The molecule has 0 heterocycles. The largest absolute Gasteiger partial charge is 0.228 e. The van der Waals surface area contributed by atoms with Gasteiger partial charge in [0.1, 0.15) is 45.9 Å². The van der Waals surface area contributed by atoms with Crippen molar-refractivity contribution in [3.63, 3.8) is 0 Å². The average Bonchev–Trinajstić information content (AvgIpc) is 0.727. The van der Waals surface area contributed by atoms with E-state index in [1.54, 1.807) is 0 Å². The number of aliphatic hydroxyl groups is 6. The Labute approximate surface area is 569 Å². The van der Waals surface area contributed by atoms with Gasteiger partial charge >= 0.3 is 33.3 Å². The molecule has 6 N–H and O–H groups in total. The van der Waals surface area contributed by atoms with Crippen LogP contribution >= 0.6 is 28.9 Å². The molecule has 508 valence electrons. The maximum Gasteiger partial charge on any atom is 0.228 e. The Morgan fingerprint density at radius 2 is 0.289 bits per heavy atom. The molecule has 0 bridgehead atoms. The topological polar surface area (TPSA) is 146 Å². The Kier molecular flexibility index (Phi) is 33.1. The first kappa shape index (κ1) is 80.9. The van der Waals surface area contributed by atoms with Crippen LogP contribution in [0.5, 0.6) is 0 Å². The molecular formula is C78H84F6N2O6P4Si. The molecular weight excluding hydrogens is 1330 g/mol. The first-order valence-electron chi connectivity index (χ1n) is 30.2. The minimum absolute atomic E-state index is 1.00. The van der Waals surface area contributed by atoms with E-state index in [0.717, 1.165) is 42.7 Å². The van der Waals surface area contributed by atoms with Gasteiger partial charge in [0.15, 0.2) is 0 Å². The number of hydrogen-bond acceptors (Lipinski definition) is 8. The molecule has 8 nitrogen and oxygen atoms in total. The minimum Gasteiger partial charge on any atom is -0.121 e. The first-order valence-corrected chi connectivity index (χ1v) is 39.5. The molecule has 0 saturated heterocycles. The fraction of sp³-hybridized carbons (Fsp3) is 0.0769. The molecule has 0 unspecified atom stereocenters. The summed E-state index contributed by atoms with van der Waals surface area (Å²) in [6.45, 7) is 0. The van der Waals surface area contributed by atoms with Crippen molar-refractivity contribution in [2.75, 3.05) is 42.7 Å². The van der Waals surface area contributed by atoms with Gasteiger partial charge < -0.3 is 30.6 Å². The average molecular weight is 1410 g/mol. The van der Waals surface area contributed by atoms with E-state index in [0.29, 0.717) is 0 Å². The predicted octanol–water partition coefficient (Wildman–Crippen LogP) is 13.9. The van der Waals surface area contributed by atoms with Gasteiger partial charge in [0, 0.05) is 74.5 Å². The zero-order valence-electron chi connectivity index (χ0n) is 54.8. The summed E-state index contributed by atoms with van der Waals surface area (Å²) in [5, 5.41) is 57.1. The molecule has 12 aromatic rings. The number of halogens is 6. The van der Waals surface area contributed by atoms with Gasteiger partial charge in [0.25, 0.3) is 0 Å². The van der Waals surface area contributed by atoms with Crippen LogP contribution in [-0.4, -0.2) is 81.9 Å². The molecule has 0 aliphatic carbocycles. The molecule has 0 aliphatic rings. The van der Waals surface area contributed by atoms with Crippen molar-refractivity contribution in [1.29, 1.82) is 0 Å². The van der Waals surface area contributed by atoms with Gasteiger partial charge in [-0.05, 0) is 72.8 Å². The molecule has 12 aromatic carbocycles. The maximum atomic E-state index is 9.88. The summed E-state index contributed by atoms with van der Waals surface area (Å²) in [5.74, 6) is 0. The van der Waals surface area contributed by atoms with Gasteiger partial charge in [0.05, 0.1) is 0 Å². The van der Waals surface area contributed by atoms with Gasteiger partial charge in [-0.2, -0.15) is 0 Å². The van der Waals surface area contributed by atoms with Gasteiger partial charge in [-0.1, -0.05) is 291 Å². The molecule has 12 rings (SSSR count). The van der Waals surface area contributed by atoms with Crippen LogP contribution in [-0.2, 0) is 0 Å². The Morgan fingerprint density at radius 3 is 0.392 bits per heavy atom. The molecule has 0 amide bonds. The second-order valence-corrected chi connectivity index (χ2v) is 34.7. The molecule has 0 aliphatic heterocycles. The smallest absolute Gasteiger partial charge is 0.121 e. The van der Waals surface area contributed by atoms with Crippen LogP contribution in [0.25, 0.3) is 0 Å². The third-order valence-corrected chi connectivity index (χ3v) is 30.9. The Bertz CT molecular complexity index is 3500. The van der Waals surface area contributed by atoms with Crippen molar-refractivity contribution in [1.82, 2.24) is 0 Å². The summed E-state index contributed by atoms with van der Waals surface area (Å²) in [7, 11) is -14.8. The fourth-order valence-corrected chi connectivity index (χ4v) is 29.5. The fourth-order valence-electron chi connectivity index (χ4n) is 10.5. The van der Waals surface area contributed by atoms with Gasteiger partial charge in [-0.15, -0.1) is 9.03 Å². The SMILES string of the molecule is CO.CO.CO.CO.CO.CO.F[Si-2](F)(F)(F)(F)F.c1ccc(P(=N[P+](c2ccccc2)(c2ccccc2)c2ccccc2)(c2ccccc2)c2ccccc2)cc1.c1ccc(P(=N[P+](c2ccccc2)(c2ccccc2)c2ccccc2)(c2ccccc2)c2ccccc2)cc1. The van der Waals surface area contributed by atoms with Crippen LogP contribution in [0.3, 0.4) is 0 Å². The second kappa shape index (κ2) is 39.7. The van der Waals surface area contributed by atoms with E-state index in [-0.39, 0.29) is 0 Å². The van der Waals surface area contributed by atoms with Crippen molar-refractivity contribution in [2.24, 2.45) is 9.03 Å². The molecule has 19 heteroatoms. The van der Waals surface area contributed by atoms with Gasteiger partial charge in [-0.3, -0.25) is 0 Å². The maximum absolute atomic E-state index is 10.8. The first-order chi connectivity index (χ1) is 47.1. The standard InChI is InChI=1S/2C36H30NP2.6CH4O.F6Si/c2*1-7-19-31(20-8-1)38(32-21-9-2-10-22-32,33-23-11-3-12-24-33)37-39(34-25-13-4-14-26-34,35-27-15-5-16-28-35)36-29-17-6-18-30-36;6*1-2;1-7(2,3,4,5)6/h2*1-30H;6*2H,1H3;/q2*+1;;;;;;;-2. The quantitative estimate of drug-likeness (QED) is 0.0277. The number of nitrogens with zero attached hydrogens (tertiary/aromatic N) is 2. The van der Waals surface area contributed by atoms with Crippen LogP contribution in [0.15, 0.2) is 373 Å². The van der Waals surface area contributed by atoms with Crippen LogP contribution in [0.4, 0.5) is 24.6 Å². The number of hydrogen-bond donors (Lipinski definition) is 6. The molecule has 0 spiro atoms. The van der Waals surface area contributed by atoms with Crippen molar-refractivity contribution in [3.05, 3.63) is 364 Å². The third-order valence-electron chi connectivity index (χ3n) is 14.1. The summed E-state index contributed by atoms with van der Waals surface area (Å²) in [6, 6.07) is 131. The van der Waals surface area contributed by atoms with E-state index in [1.165, 1.54) is 63.7 Å². The second-order valence-electron chi connectivity index (χ2n) is 19.8. The number of rotatable bonds is 14. The van der Waals surface area contributed by atoms with Crippen LogP contribution in [0, 0.1) is 0 Å². The minimum atomic E-state index is -10.8. The van der Waals surface area contributed by atoms with Crippen LogP contribution in [0.1, 0.15) is 0 Å². The van der Waals surface area contributed by atoms with Crippen LogP contribution in [0.2, 0.25) is 0 Å². The molecule has 0 saturated carbocycles. The Hall–Kier alpha value is -8.48. The molecule has 0 atom stereocenters. The summed E-state index contributed by atoms with van der Waals surface area (Å²) in [5.41, 5.74) is 0. The van der Waals surface area contributed by atoms with E-state index in [9.17, 15) is 24.6 Å². The Morgan fingerprint density at radius 1 is 0.196 bits per heavy atom. The Balaban J connectivity index is 0.000000329.